The van der Waals surface area contributed by atoms with Gasteiger partial charge < -0.3 is 10.6 Å². The van der Waals surface area contributed by atoms with Crippen LogP contribution >= 0.6 is 12.4 Å². The molecule has 1 amide bonds. The molecule has 0 radical (unpaired) electrons. The Labute approximate surface area is 123 Å². The van der Waals surface area contributed by atoms with E-state index < -0.39 is 12.1 Å². The molecule has 2 fully saturated rings. The van der Waals surface area contributed by atoms with E-state index in [1.807, 2.05) is 0 Å². The molecule has 2 aliphatic rings. The summed E-state index contributed by atoms with van der Waals surface area (Å²) >= 11 is 0. The predicted octanol–water partition coefficient (Wildman–Crippen LogP) is 2.73. The zero-order valence-electron chi connectivity index (χ0n) is 11.4. The molecule has 1 saturated carbocycles. The lowest BCUT2D eigenvalue weighted by Gasteiger charge is -2.37. The van der Waals surface area contributed by atoms with Crippen molar-refractivity contribution in [1.82, 2.24) is 4.90 Å². The Hall–Kier alpha value is -0.490. The van der Waals surface area contributed by atoms with Crippen molar-refractivity contribution in [3.8, 4) is 0 Å². The summed E-state index contributed by atoms with van der Waals surface area (Å²) in [5, 5.41) is 0. The standard InChI is InChI=1S/C13H21F3N2O.ClH/c14-13(15,16)10-4-2-6-18(8-10)12(19)9-3-1-5-11(17)7-9;/h9-11H,1-8,17H2;1H. The highest BCUT2D eigenvalue weighted by Crippen LogP contribution is 2.34. The van der Waals surface area contributed by atoms with E-state index in [1.165, 1.54) is 4.90 Å². The van der Waals surface area contributed by atoms with Gasteiger partial charge in [0.05, 0.1) is 5.92 Å². The Bertz CT molecular complexity index is 338. The number of nitrogens with zero attached hydrogens (tertiary/aromatic N) is 1. The van der Waals surface area contributed by atoms with Gasteiger partial charge in [-0.15, -0.1) is 12.4 Å². The molecule has 0 aromatic rings. The molecule has 1 aliphatic carbocycles. The number of alkyl halides is 3. The van der Waals surface area contributed by atoms with Crippen LogP contribution in [0.15, 0.2) is 0 Å². The van der Waals surface area contributed by atoms with Crippen molar-refractivity contribution in [2.24, 2.45) is 17.6 Å². The fourth-order valence-electron chi connectivity index (χ4n) is 3.15. The largest absolute Gasteiger partial charge is 0.393 e. The van der Waals surface area contributed by atoms with Crippen molar-refractivity contribution in [3.05, 3.63) is 0 Å². The third-order valence-corrected chi connectivity index (χ3v) is 4.26. The molecular formula is C13H22ClF3N2O. The summed E-state index contributed by atoms with van der Waals surface area (Å²) in [4.78, 5) is 13.7. The number of carbonyl (C=O) groups is 1. The van der Waals surface area contributed by atoms with Crippen LogP contribution in [0.5, 0.6) is 0 Å². The lowest BCUT2D eigenvalue weighted by Crippen LogP contribution is -2.48. The van der Waals surface area contributed by atoms with Gasteiger partial charge in [0.2, 0.25) is 5.91 Å². The van der Waals surface area contributed by atoms with Crippen LogP contribution in [0.3, 0.4) is 0 Å². The maximum atomic E-state index is 12.7. The number of carbonyl (C=O) groups excluding carboxylic acids is 1. The smallest absolute Gasteiger partial charge is 0.342 e. The summed E-state index contributed by atoms with van der Waals surface area (Å²) in [6, 6.07) is 0.0194. The first-order valence-corrected chi connectivity index (χ1v) is 6.99. The van der Waals surface area contributed by atoms with Gasteiger partial charge in [-0.25, -0.2) is 0 Å². The van der Waals surface area contributed by atoms with Gasteiger partial charge in [-0.3, -0.25) is 4.79 Å². The van der Waals surface area contributed by atoms with Crippen LogP contribution in [-0.4, -0.2) is 36.1 Å². The lowest BCUT2D eigenvalue weighted by molar-refractivity contribution is -0.188. The first-order valence-electron chi connectivity index (χ1n) is 6.99. The van der Waals surface area contributed by atoms with Gasteiger partial charge >= 0.3 is 6.18 Å². The van der Waals surface area contributed by atoms with Gasteiger partial charge in [0, 0.05) is 25.0 Å². The Balaban J connectivity index is 0.00000200. The zero-order chi connectivity index (χ0) is 14.0. The van der Waals surface area contributed by atoms with E-state index >= 15 is 0 Å². The molecule has 1 aliphatic heterocycles. The van der Waals surface area contributed by atoms with E-state index in [0.29, 0.717) is 19.4 Å². The summed E-state index contributed by atoms with van der Waals surface area (Å²) in [6.07, 6.45) is -0.428. The van der Waals surface area contributed by atoms with Gasteiger partial charge in [0.25, 0.3) is 0 Å². The third-order valence-electron chi connectivity index (χ3n) is 4.26. The van der Waals surface area contributed by atoms with Crippen LogP contribution in [0.1, 0.15) is 38.5 Å². The minimum absolute atomic E-state index is 0. The average Bonchev–Trinajstić information content (AvgIpc) is 2.37. The van der Waals surface area contributed by atoms with Crippen LogP contribution in [0, 0.1) is 11.8 Å². The molecule has 7 heteroatoms. The molecule has 20 heavy (non-hydrogen) atoms. The van der Waals surface area contributed by atoms with Gasteiger partial charge in [0.15, 0.2) is 0 Å². The Morgan fingerprint density at radius 2 is 1.85 bits per heavy atom. The summed E-state index contributed by atoms with van der Waals surface area (Å²) in [7, 11) is 0. The molecule has 118 valence electrons. The van der Waals surface area contributed by atoms with Gasteiger partial charge in [-0.1, -0.05) is 6.42 Å². The van der Waals surface area contributed by atoms with Crippen LogP contribution in [0.25, 0.3) is 0 Å². The molecule has 3 atom stereocenters. The highest BCUT2D eigenvalue weighted by atomic mass is 35.5. The molecule has 0 spiro atoms. The number of likely N-dealkylation sites (tertiary alicyclic amines) is 1. The van der Waals surface area contributed by atoms with E-state index in [9.17, 15) is 18.0 Å². The van der Waals surface area contributed by atoms with Crippen LogP contribution in [-0.2, 0) is 4.79 Å². The van der Waals surface area contributed by atoms with Crippen molar-refractivity contribution >= 4 is 18.3 Å². The first kappa shape index (κ1) is 17.6. The first-order chi connectivity index (χ1) is 8.88. The van der Waals surface area contributed by atoms with Crippen molar-refractivity contribution in [2.75, 3.05) is 13.1 Å². The van der Waals surface area contributed by atoms with Crippen LogP contribution in [0.4, 0.5) is 13.2 Å². The quantitative estimate of drug-likeness (QED) is 0.809. The molecule has 3 nitrogen and oxygen atoms in total. The summed E-state index contributed by atoms with van der Waals surface area (Å²) < 4.78 is 38.2. The van der Waals surface area contributed by atoms with Crippen LogP contribution < -0.4 is 5.73 Å². The Morgan fingerprint density at radius 1 is 1.15 bits per heavy atom. The topological polar surface area (TPSA) is 46.3 Å². The van der Waals surface area contributed by atoms with E-state index in [-0.39, 0.29) is 43.2 Å². The van der Waals surface area contributed by atoms with Gasteiger partial charge in [-0.05, 0) is 32.1 Å². The molecule has 2 N–H and O–H groups in total. The summed E-state index contributed by atoms with van der Waals surface area (Å²) in [5.41, 5.74) is 5.84. The maximum absolute atomic E-state index is 12.7. The van der Waals surface area contributed by atoms with Gasteiger partial charge in [-0.2, -0.15) is 13.2 Å². The summed E-state index contributed by atoms with van der Waals surface area (Å²) in [5.74, 6) is -1.65. The lowest BCUT2D eigenvalue weighted by atomic mass is 9.84. The molecule has 1 heterocycles. The number of piperidine rings is 1. The third kappa shape index (κ3) is 4.25. The number of rotatable bonds is 1. The maximum Gasteiger partial charge on any atom is 0.393 e. The number of nitrogens with two attached hydrogens (primary N) is 1. The Morgan fingerprint density at radius 3 is 2.45 bits per heavy atom. The van der Waals surface area contributed by atoms with E-state index in [0.717, 1.165) is 19.3 Å². The number of hydrogen-bond acceptors (Lipinski definition) is 2. The molecule has 3 unspecified atom stereocenters. The van der Waals surface area contributed by atoms with Crippen molar-refractivity contribution < 1.29 is 18.0 Å². The van der Waals surface area contributed by atoms with Crippen molar-refractivity contribution in [3.63, 3.8) is 0 Å². The number of amides is 1. The fraction of sp³-hybridized carbons (Fsp3) is 0.923. The van der Waals surface area contributed by atoms with Gasteiger partial charge in [0.1, 0.15) is 0 Å². The second kappa shape index (κ2) is 6.98. The van der Waals surface area contributed by atoms with E-state index in [1.54, 1.807) is 0 Å². The highest BCUT2D eigenvalue weighted by molar-refractivity contribution is 5.85. The molecule has 0 aromatic heterocycles. The van der Waals surface area contributed by atoms with Crippen molar-refractivity contribution in [2.45, 2.75) is 50.7 Å². The molecule has 1 saturated heterocycles. The van der Waals surface area contributed by atoms with E-state index in [2.05, 4.69) is 0 Å². The normalized spacial score (nSPS) is 31.6. The summed E-state index contributed by atoms with van der Waals surface area (Å²) in [6.45, 7) is 0.283. The second-order valence-electron chi connectivity index (χ2n) is 5.79. The fourth-order valence-corrected chi connectivity index (χ4v) is 3.15. The average molecular weight is 315 g/mol. The Kier molecular flexibility index (Phi) is 6.13. The minimum Gasteiger partial charge on any atom is -0.342 e. The molecule has 2 rings (SSSR count). The van der Waals surface area contributed by atoms with E-state index in [4.69, 9.17) is 5.73 Å². The second-order valence-corrected chi connectivity index (χ2v) is 5.79. The molecule has 0 aromatic carbocycles. The van der Waals surface area contributed by atoms with Crippen molar-refractivity contribution in [1.29, 1.82) is 0 Å². The SMILES string of the molecule is Cl.NC1CCCC(C(=O)N2CCCC(C(F)(F)F)C2)C1. The zero-order valence-corrected chi connectivity index (χ0v) is 12.2. The van der Waals surface area contributed by atoms with Crippen LogP contribution in [0.2, 0.25) is 0 Å². The number of hydrogen-bond donors (Lipinski definition) is 1. The number of halogens is 4. The minimum atomic E-state index is -4.19. The highest BCUT2D eigenvalue weighted by Gasteiger charge is 2.43. The monoisotopic (exact) mass is 314 g/mol. The predicted molar refractivity (Wildman–Crippen MR) is 72.5 cm³/mol. The molecule has 0 bridgehead atoms. The molecular weight excluding hydrogens is 293 g/mol.